The molecule has 140 valence electrons. The third-order valence-corrected chi connectivity index (χ3v) is 6.52. The number of amides is 1. The molecule has 7 nitrogen and oxygen atoms in total. The SMILES string of the molecule is Cc1cccc(-c2nnc(NC(=O)c3ccc(S(=O)(=O)N(C)C)cc3)s2)c1. The fourth-order valence-corrected chi connectivity index (χ4v) is 3.96. The lowest BCUT2D eigenvalue weighted by Crippen LogP contribution is -2.22. The maximum absolute atomic E-state index is 12.4. The lowest BCUT2D eigenvalue weighted by Gasteiger charge is -2.11. The number of aryl methyl sites for hydroxylation is 1. The van der Waals surface area contributed by atoms with Crippen LogP contribution in [0.15, 0.2) is 53.4 Å². The summed E-state index contributed by atoms with van der Waals surface area (Å²) >= 11 is 1.27. The van der Waals surface area contributed by atoms with Gasteiger partial charge in [-0.15, -0.1) is 10.2 Å². The molecule has 0 fully saturated rings. The van der Waals surface area contributed by atoms with Crippen molar-refractivity contribution in [2.24, 2.45) is 0 Å². The summed E-state index contributed by atoms with van der Waals surface area (Å²) in [5.74, 6) is -0.379. The van der Waals surface area contributed by atoms with Crippen molar-refractivity contribution in [1.82, 2.24) is 14.5 Å². The van der Waals surface area contributed by atoms with E-state index in [-0.39, 0.29) is 10.8 Å². The molecule has 0 spiro atoms. The summed E-state index contributed by atoms with van der Waals surface area (Å²) in [4.78, 5) is 12.5. The zero-order chi connectivity index (χ0) is 19.6. The van der Waals surface area contributed by atoms with E-state index in [1.165, 1.54) is 49.7 Å². The summed E-state index contributed by atoms with van der Waals surface area (Å²) < 4.78 is 25.3. The minimum absolute atomic E-state index is 0.127. The monoisotopic (exact) mass is 402 g/mol. The Morgan fingerprint density at radius 2 is 1.78 bits per heavy atom. The zero-order valence-electron chi connectivity index (χ0n) is 15.0. The number of carbonyl (C=O) groups excluding carboxylic acids is 1. The predicted octanol–water partition coefficient (Wildman–Crippen LogP) is 3.02. The summed E-state index contributed by atoms with van der Waals surface area (Å²) in [6, 6.07) is 13.6. The van der Waals surface area contributed by atoms with Crippen molar-refractivity contribution >= 4 is 32.4 Å². The average Bonchev–Trinajstić information content (AvgIpc) is 3.10. The van der Waals surface area contributed by atoms with Gasteiger partial charge in [0.2, 0.25) is 15.2 Å². The van der Waals surface area contributed by atoms with Crippen LogP contribution in [0.1, 0.15) is 15.9 Å². The van der Waals surface area contributed by atoms with Crippen molar-refractivity contribution in [2.75, 3.05) is 19.4 Å². The summed E-state index contributed by atoms with van der Waals surface area (Å²) in [7, 11) is -0.617. The van der Waals surface area contributed by atoms with Gasteiger partial charge in [0.15, 0.2) is 0 Å². The number of benzene rings is 2. The van der Waals surface area contributed by atoms with Gasteiger partial charge in [-0.25, -0.2) is 12.7 Å². The molecule has 0 saturated carbocycles. The van der Waals surface area contributed by atoms with Crippen molar-refractivity contribution in [3.05, 3.63) is 59.7 Å². The van der Waals surface area contributed by atoms with E-state index in [0.29, 0.717) is 15.7 Å². The third-order valence-electron chi connectivity index (χ3n) is 3.81. The molecule has 0 bridgehead atoms. The maximum Gasteiger partial charge on any atom is 0.257 e. The number of aromatic nitrogens is 2. The topological polar surface area (TPSA) is 92.3 Å². The first-order valence-corrected chi connectivity index (χ1v) is 10.3. The summed E-state index contributed by atoms with van der Waals surface area (Å²) in [5.41, 5.74) is 2.38. The van der Waals surface area contributed by atoms with Crippen LogP contribution in [0, 0.1) is 6.92 Å². The van der Waals surface area contributed by atoms with Gasteiger partial charge in [0, 0.05) is 25.2 Å². The number of anilines is 1. The van der Waals surface area contributed by atoms with Crippen LogP contribution in [0.25, 0.3) is 10.6 Å². The minimum Gasteiger partial charge on any atom is -0.296 e. The van der Waals surface area contributed by atoms with Crippen molar-refractivity contribution in [1.29, 1.82) is 0 Å². The molecular formula is C18H18N4O3S2. The zero-order valence-corrected chi connectivity index (χ0v) is 16.6. The lowest BCUT2D eigenvalue weighted by atomic mass is 10.1. The van der Waals surface area contributed by atoms with Crippen LogP contribution < -0.4 is 5.32 Å². The normalized spacial score (nSPS) is 11.6. The number of nitrogens with one attached hydrogen (secondary N) is 1. The molecule has 1 heterocycles. The van der Waals surface area contributed by atoms with E-state index < -0.39 is 10.0 Å². The van der Waals surface area contributed by atoms with Crippen molar-refractivity contribution in [2.45, 2.75) is 11.8 Å². The van der Waals surface area contributed by atoms with Gasteiger partial charge < -0.3 is 0 Å². The number of sulfonamides is 1. The third kappa shape index (κ3) is 4.21. The minimum atomic E-state index is -3.53. The largest absolute Gasteiger partial charge is 0.296 e. The molecule has 27 heavy (non-hydrogen) atoms. The average molecular weight is 403 g/mol. The van der Waals surface area contributed by atoms with Crippen LogP contribution in [0.4, 0.5) is 5.13 Å². The second-order valence-corrected chi connectivity index (χ2v) is 9.18. The van der Waals surface area contributed by atoms with Gasteiger partial charge in [-0.2, -0.15) is 0 Å². The van der Waals surface area contributed by atoms with Crippen molar-refractivity contribution < 1.29 is 13.2 Å². The molecule has 3 rings (SSSR count). The molecule has 0 atom stereocenters. The fraction of sp³-hybridized carbons (Fsp3) is 0.167. The van der Waals surface area contributed by atoms with Gasteiger partial charge in [-0.05, 0) is 37.3 Å². The number of rotatable bonds is 5. The lowest BCUT2D eigenvalue weighted by molar-refractivity contribution is 0.102. The second kappa shape index (κ2) is 7.55. The highest BCUT2D eigenvalue weighted by Crippen LogP contribution is 2.27. The number of carbonyl (C=O) groups is 1. The maximum atomic E-state index is 12.4. The second-order valence-electron chi connectivity index (χ2n) is 6.05. The standard InChI is InChI=1S/C18H18N4O3S2/c1-12-5-4-6-14(11-12)17-20-21-18(26-17)19-16(23)13-7-9-15(10-8-13)27(24,25)22(2)3/h4-11H,1-3H3,(H,19,21,23). The Morgan fingerprint density at radius 1 is 1.07 bits per heavy atom. The van der Waals surface area contributed by atoms with Crippen molar-refractivity contribution in [3.8, 4) is 10.6 Å². The first kappa shape index (κ1) is 19.2. The Morgan fingerprint density at radius 3 is 2.41 bits per heavy atom. The van der Waals surface area contributed by atoms with Crippen LogP contribution >= 0.6 is 11.3 Å². The molecule has 1 N–H and O–H groups in total. The Balaban J connectivity index is 1.75. The molecule has 1 amide bonds. The van der Waals surface area contributed by atoms with E-state index in [1.807, 2.05) is 31.2 Å². The molecule has 0 aliphatic heterocycles. The molecule has 1 aromatic heterocycles. The smallest absolute Gasteiger partial charge is 0.257 e. The molecule has 0 saturated heterocycles. The Labute approximate surface area is 161 Å². The Bertz CT molecular complexity index is 1070. The first-order chi connectivity index (χ1) is 12.8. The van der Waals surface area contributed by atoms with Gasteiger partial charge >= 0.3 is 0 Å². The van der Waals surface area contributed by atoms with E-state index in [2.05, 4.69) is 15.5 Å². The quantitative estimate of drug-likeness (QED) is 0.708. The van der Waals surface area contributed by atoms with E-state index in [0.717, 1.165) is 15.4 Å². The van der Waals surface area contributed by atoms with Gasteiger partial charge in [-0.1, -0.05) is 35.1 Å². The fourth-order valence-electron chi connectivity index (χ4n) is 2.33. The highest BCUT2D eigenvalue weighted by atomic mass is 32.2. The van der Waals surface area contributed by atoms with E-state index in [4.69, 9.17) is 0 Å². The number of nitrogens with zero attached hydrogens (tertiary/aromatic N) is 3. The molecule has 2 aromatic carbocycles. The van der Waals surface area contributed by atoms with Crippen molar-refractivity contribution in [3.63, 3.8) is 0 Å². The summed E-state index contributed by atoms with van der Waals surface area (Å²) in [5, 5.41) is 11.9. The molecule has 0 radical (unpaired) electrons. The Hall–Kier alpha value is -2.62. The van der Waals surface area contributed by atoms with Gasteiger partial charge in [0.1, 0.15) is 5.01 Å². The molecule has 3 aromatic rings. The van der Waals surface area contributed by atoms with E-state index in [9.17, 15) is 13.2 Å². The molecule has 0 unspecified atom stereocenters. The highest BCUT2D eigenvalue weighted by Gasteiger charge is 2.18. The van der Waals surface area contributed by atoms with E-state index >= 15 is 0 Å². The molecular weight excluding hydrogens is 384 g/mol. The van der Waals surface area contributed by atoms with Crippen LogP contribution in [0.3, 0.4) is 0 Å². The van der Waals surface area contributed by atoms with Crippen LogP contribution in [0.2, 0.25) is 0 Å². The van der Waals surface area contributed by atoms with E-state index in [1.54, 1.807) is 0 Å². The predicted molar refractivity (Wildman–Crippen MR) is 105 cm³/mol. The van der Waals surface area contributed by atoms with Crippen LogP contribution in [-0.2, 0) is 10.0 Å². The number of hydrogen-bond acceptors (Lipinski definition) is 6. The molecule has 0 aliphatic carbocycles. The summed E-state index contributed by atoms with van der Waals surface area (Å²) in [6.45, 7) is 1.99. The van der Waals surface area contributed by atoms with Gasteiger partial charge in [-0.3, -0.25) is 10.1 Å². The highest BCUT2D eigenvalue weighted by molar-refractivity contribution is 7.89. The number of hydrogen-bond donors (Lipinski definition) is 1. The van der Waals surface area contributed by atoms with Crippen LogP contribution in [-0.4, -0.2) is 42.9 Å². The first-order valence-electron chi connectivity index (χ1n) is 8.02. The molecule has 9 heteroatoms. The van der Waals surface area contributed by atoms with Crippen LogP contribution in [0.5, 0.6) is 0 Å². The van der Waals surface area contributed by atoms with Gasteiger partial charge in [0.25, 0.3) is 5.91 Å². The Kier molecular flexibility index (Phi) is 5.36. The summed E-state index contributed by atoms with van der Waals surface area (Å²) in [6.07, 6.45) is 0. The van der Waals surface area contributed by atoms with Gasteiger partial charge in [0.05, 0.1) is 4.90 Å². The molecule has 0 aliphatic rings.